The van der Waals surface area contributed by atoms with Crippen LogP contribution in [0.15, 0.2) is 23.8 Å². The van der Waals surface area contributed by atoms with Crippen LogP contribution in [-0.4, -0.2) is 0 Å². The molecule has 1 aliphatic rings. The Morgan fingerprint density at radius 3 is 2.73 bits per heavy atom. The van der Waals surface area contributed by atoms with Gasteiger partial charge in [0.2, 0.25) is 0 Å². The zero-order valence-corrected chi connectivity index (χ0v) is 7.80. The molecule has 0 heteroatoms. The highest BCUT2D eigenvalue weighted by Gasteiger charge is 2.16. The van der Waals surface area contributed by atoms with Gasteiger partial charge in [0, 0.05) is 0 Å². The largest absolute Gasteiger partial charge is 0.0773 e. The lowest BCUT2D eigenvalue weighted by Gasteiger charge is -2.17. The van der Waals surface area contributed by atoms with Crippen molar-refractivity contribution >= 4 is 0 Å². The third-order valence-corrected chi connectivity index (χ3v) is 2.68. The molecule has 0 spiro atoms. The highest BCUT2D eigenvalue weighted by atomic mass is 14.2. The van der Waals surface area contributed by atoms with Crippen molar-refractivity contribution in [1.82, 2.24) is 0 Å². The van der Waals surface area contributed by atoms with E-state index >= 15 is 0 Å². The molecule has 0 bridgehead atoms. The van der Waals surface area contributed by atoms with Crippen LogP contribution in [0.25, 0.3) is 0 Å². The van der Waals surface area contributed by atoms with E-state index in [-0.39, 0.29) is 0 Å². The van der Waals surface area contributed by atoms with E-state index in [0.717, 1.165) is 11.8 Å². The fourth-order valence-corrected chi connectivity index (χ4v) is 1.67. The van der Waals surface area contributed by atoms with Crippen LogP contribution in [0.4, 0.5) is 0 Å². The fourth-order valence-electron chi connectivity index (χ4n) is 1.67. The molecule has 0 amide bonds. The van der Waals surface area contributed by atoms with Gasteiger partial charge in [0.1, 0.15) is 0 Å². The molecule has 0 nitrogen and oxygen atoms in total. The third kappa shape index (κ3) is 1.74. The Labute approximate surface area is 70.0 Å². The summed E-state index contributed by atoms with van der Waals surface area (Å²) in [6, 6.07) is 0. The van der Waals surface area contributed by atoms with Gasteiger partial charge < -0.3 is 0 Å². The molecule has 1 aliphatic carbocycles. The molecule has 11 heavy (non-hydrogen) atoms. The average Bonchev–Trinajstić information content (AvgIpc) is 2.50. The van der Waals surface area contributed by atoms with Gasteiger partial charge in [0.05, 0.1) is 0 Å². The van der Waals surface area contributed by atoms with Crippen LogP contribution in [0.2, 0.25) is 0 Å². The van der Waals surface area contributed by atoms with Crippen LogP contribution in [0.1, 0.15) is 33.6 Å². The second kappa shape index (κ2) is 3.75. The second-order valence-corrected chi connectivity index (χ2v) is 3.38. The molecular weight excluding hydrogens is 132 g/mol. The minimum atomic E-state index is 0.741. The second-order valence-electron chi connectivity index (χ2n) is 3.38. The van der Waals surface area contributed by atoms with Crippen molar-refractivity contribution in [3.63, 3.8) is 0 Å². The topological polar surface area (TPSA) is 0 Å². The van der Waals surface area contributed by atoms with Crippen LogP contribution in [0, 0.1) is 11.8 Å². The summed E-state index contributed by atoms with van der Waals surface area (Å²) in [6.07, 6.45) is 9.34. The van der Waals surface area contributed by atoms with Crippen molar-refractivity contribution in [1.29, 1.82) is 0 Å². The van der Waals surface area contributed by atoms with Gasteiger partial charge in [0.25, 0.3) is 0 Å². The molecule has 0 saturated heterocycles. The first kappa shape index (κ1) is 8.58. The molecule has 0 aliphatic heterocycles. The quantitative estimate of drug-likeness (QED) is 0.577. The first-order valence-electron chi connectivity index (χ1n) is 4.67. The average molecular weight is 150 g/mol. The lowest BCUT2D eigenvalue weighted by molar-refractivity contribution is 0.569. The molecule has 0 aromatic carbocycles. The molecule has 62 valence electrons. The van der Waals surface area contributed by atoms with Gasteiger partial charge >= 0.3 is 0 Å². The van der Waals surface area contributed by atoms with Crippen molar-refractivity contribution in [2.75, 3.05) is 0 Å². The minimum Gasteiger partial charge on any atom is -0.0773 e. The summed E-state index contributed by atoms with van der Waals surface area (Å²) in [6.45, 7) is 6.84. The lowest BCUT2D eigenvalue weighted by Crippen LogP contribution is -2.04. The molecule has 0 aromatic rings. The Balaban J connectivity index is 2.59. The van der Waals surface area contributed by atoms with Gasteiger partial charge in [-0.3, -0.25) is 0 Å². The van der Waals surface area contributed by atoms with Gasteiger partial charge in [-0.1, -0.05) is 44.6 Å². The van der Waals surface area contributed by atoms with E-state index in [2.05, 4.69) is 39.0 Å². The smallest absolute Gasteiger partial charge is 0.00170 e. The van der Waals surface area contributed by atoms with E-state index in [4.69, 9.17) is 0 Å². The number of allylic oxidation sites excluding steroid dienone is 4. The predicted octanol–water partition coefficient (Wildman–Crippen LogP) is 3.55. The number of rotatable bonds is 3. The molecule has 2 unspecified atom stereocenters. The molecule has 0 N–H and O–H groups in total. The predicted molar refractivity (Wildman–Crippen MR) is 50.5 cm³/mol. The number of hydrogen-bond acceptors (Lipinski definition) is 0. The normalized spacial score (nSPS) is 25.4. The van der Waals surface area contributed by atoms with E-state index in [1.807, 2.05) is 0 Å². The Kier molecular flexibility index (Phi) is 2.92. The maximum absolute atomic E-state index is 2.32. The lowest BCUT2D eigenvalue weighted by atomic mass is 9.88. The Morgan fingerprint density at radius 2 is 2.18 bits per heavy atom. The standard InChI is InChI=1S/C11H18/c1-4-9(3)11-8-6-7-10(11)5-2/h6-10H,4-5H2,1-3H3. The zero-order chi connectivity index (χ0) is 8.27. The van der Waals surface area contributed by atoms with E-state index in [1.165, 1.54) is 12.8 Å². The van der Waals surface area contributed by atoms with Crippen LogP contribution < -0.4 is 0 Å². The highest BCUT2D eigenvalue weighted by Crippen LogP contribution is 2.30. The van der Waals surface area contributed by atoms with E-state index in [9.17, 15) is 0 Å². The Bertz CT molecular complexity index is 174. The summed E-state index contributed by atoms with van der Waals surface area (Å²) < 4.78 is 0. The molecule has 0 radical (unpaired) electrons. The van der Waals surface area contributed by atoms with Gasteiger partial charge in [-0.2, -0.15) is 0 Å². The molecule has 0 fully saturated rings. The van der Waals surface area contributed by atoms with Crippen LogP contribution in [0.5, 0.6) is 0 Å². The van der Waals surface area contributed by atoms with Gasteiger partial charge in [-0.15, -0.1) is 0 Å². The monoisotopic (exact) mass is 150 g/mol. The van der Waals surface area contributed by atoms with Crippen molar-refractivity contribution in [2.24, 2.45) is 11.8 Å². The van der Waals surface area contributed by atoms with E-state index in [0.29, 0.717) is 0 Å². The molecule has 2 atom stereocenters. The summed E-state index contributed by atoms with van der Waals surface area (Å²) in [5, 5.41) is 0. The van der Waals surface area contributed by atoms with Gasteiger partial charge in [0.15, 0.2) is 0 Å². The molecule has 0 heterocycles. The summed E-state index contributed by atoms with van der Waals surface area (Å²) in [5.41, 5.74) is 1.63. The van der Waals surface area contributed by atoms with E-state index in [1.54, 1.807) is 5.57 Å². The molecule has 0 aromatic heterocycles. The van der Waals surface area contributed by atoms with Crippen molar-refractivity contribution in [3.8, 4) is 0 Å². The molecule has 1 rings (SSSR count). The van der Waals surface area contributed by atoms with Crippen LogP contribution >= 0.6 is 0 Å². The summed E-state index contributed by atoms with van der Waals surface area (Å²) in [4.78, 5) is 0. The zero-order valence-electron chi connectivity index (χ0n) is 7.80. The van der Waals surface area contributed by atoms with Crippen molar-refractivity contribution in [2.45, 2.75) is 33.6 Å². The molecule has 0 saturated carbocycles. The first-order chi connectivity index (χ1) is 5.29. The van der Waals surface area contributed by atoms with Gasteiger partial charge in [-0.05, 0) is 24.7 Å². The highest BCUT2D eigenvalue weighted by molar-refractivity contribution is 5.28. The Morgan fingerprint density at radius 1 is 1.45 bits per heavy atom. The Hall–Kier alpha value is -0.520. The van der Waals surface area contributed by atoms with Crippen LogP contribution in [0.3, 0.4) is 0 Å². The molecular formula is C11H18. The summed E-state index contributed by atoms with van der Waals surface area (Å²) in [7, 11) is 0. The minimum absolute atomic E-state index is 0.741. The SMILES string of the molecule is CCC(C)C1=CC=CC1CC. The third-order valence-electron chi connectivity index (χ3n) is 2.68. The fraction of sp³-hybridized carbons (Fsp3) is 0.636. The first-order valence-corrected chi connectivity index (χ1v) is 4.67. The van der Waals surface area contributed by atoms with Crippen molar-refractivity contribution in [3.05, 3.63) is 23.8 Å². The maximum Gasteiger partial charge on any atom is -0.00170 e. The van der Waals surface area contributed by atoms with Crippen molar-refractivity contribution < 1.29 is 0 Å². The number of hydrogen-bond donors (Lipinski definition) is 0. The summed E-state index contributed by atoms with van der Waals surface area (Å²) in [5.74, 6) is 1.51. The summed E-state index contributed by atoms with van der Waals surface area (Å²) >= 11 is 0. The van der Waals surface area contributed by atoms with Crippen LogP contribution in [-0.2, 0) is 0 Å². The van der Waals surface area contributed by atoms with Gasteiger partial charge in [-0.25, -0.2) is 0 Å². The van der Waals surface area contributed by atoms with E-state index < -0.39 is 0 Å². The maximum atomic E-state index is 2.32.